The lowest BCUT2D eigenvalue weighted by molar-refractivity contribution is -0.139. The molecule has 3 aromatic carbocycles. The van der Waals surface area contributed by atoms with Crippen molar-refractivity contribution in [1.82, 2.24) is 10.2 Å². The third-order valence-electron chi connectivity index (χ3n) is 6.27. The number of carbonyl (C=O) groups excluding carboxylic acids is 2. The number of hydrogen-bond acceptors (Lipinski definition) is 5. The summed E-state index contributed by atoms with van der Waals surface area (Å²) in [4.78, 5) is 28.2. The molecule has 2 amide bonds. The molecule has 3 rings (SSSR count). The number of amides is 2. The highest BCUT2D eigenvalue weighted by Gasteiger charge is 2.32. The number of nitrogens with one attached hydrogen (secondary N) is 1. The van der Waals surface area contributed by atoms with Crippen LogP contribution in [0.5, 0.6) is 5.75 Å². The second-order valence-electron chi connectivity index (χ2n) is 8.96. The Morgan fingerprint density at radius 3 is 2.23 bits per heavy atom. The van der Waals surface area contributed by atoms with Gasteiger partial charge in [-0.25, -0.2) is 8.42 Å². The zero-order valence-electron chi connectivity index (χ0n) is 22.3. The number of anilines is 1. The first-order chi connectivity index (χ1) is 18.7. The summed E-state index contributed by atoms with van der Waals surface area (Å²) in [5.41, 5.74) is 0.962. The largest absolute Gasteiger partial charge is 0.497 e. The van der Waals surface area contributed by atoms with Gasteiger partial charge < -0.3 is 15.0 Å². The van der Waals surface area contributed by atoms with Crippen molar-refractivity contribution in [3.63, 3.8) is 0 Å². The van der Waals surface area contributed by atoms with E-state index >= 15 is 0 Å². The van der Waals surface area contributed by atoms with Crippen LogP contribution in [-0.4, -0.2) is 51.4 Å². The fourth-order valence-corrected chi connectivity index (χ4v) is 5.54. The Bertz CT molecular complexity index is 1350. The van der Waals surface area contributed by atoms with Crippen molar-refractivity contribution in [2.45, 2.75) is 44.2 Å². The summed E-state index contributed by atoms with van der Waals surface area (Å²) in [5, 5.41) is 3.31. The van der Waals surface area contributed by atoms with Crippen LogP contribution in [0.3, 0.4) is 0 Å². The predicted molar refractivity (Wildman–Crippen MR) is 153 cm³/mol. The Morgan fingerprint density at radius 1 is 0.974 bits per heavy atom. The van der Waals surface area contributed by atoms with Gasteiger partial charge in [0.25, 0.3) is 10.0 Å². The van der Waals surface area contributed by atoms with Crippen molar-refractivity contribution in [2.24, 2.45) is 0 Å². The van der Waals surface area contributed by atoms with Crippen LogP contribution in [0.1, 0.15) is 32.3 Å². The van der Waals surface area contributed by atoms with Crippen LogP contribution in [0.2, 0.25) is 5.02 Å². The van der Waals surface area contributed by atoms with E-state index in [1.807, 2.05) is 6.92 Å². The minimum atomic E-state index is -4.15. The number of methoxy groups -OCH3 is 1. The smallest absolute Gasteiger partial charge is 0.264 e. The third-order valence-corrected chi connectivity index (χ3v) is 8.42. The first-order valence-corrected chi connectivity index (χ1v) is 14.5. The summed E-state index contributed by atoms with van der Waals surface area (Å²) >= 11 is 6.38. The molecule has 8 nitrogen and oxygen atoms in total. The lowest BCUT2D eigenvalue weighted by Gasteiger charge is -2.32. The third kappa shape index (κ3) is 7.74. The number of unbranched alkanes of at least 4 members (excludes halogenated alkanes) is 1. The molecule has 1 atom stereocenters. The first kappa shape index (κ1) is 30.0. The summed E-state index contributed by atoms with van der Waals surface area (Å²) in [5.74, 6) is -0.368. The minimum absolute atomic E-state index is 0.00274. The van der Waals surface area contributed by atoms with E-state index in [1.54, 1.807) is 73.7 Å². The molecule has 0 aliphatic rings. The number of nitrogens with zero attached hydrogens (tertiary/aromatic N) is 2. The molecule has 10 heteroatoms. The van der Waals surface area contributed by atoms with E-state index in [0.717, 1.165) is 17.1 Å². The predicted octanol–water partition coefficient (Wildman–Crippen LogP) is 4.88. The molecule has 208 valence electrons. The molecular formula is C29H34ClN3O5S. The van der Waals surface area contributed by atoms with Gasteiger partial charge in [-0.1, -0.05) is 61.3 Å². The number of benzene rings is 3. The highest BCUT2D eigenvalue weighted by Crippen LogP contribution is 2.26. The fourth-order valence-electron chi connectivity index (χ4n) is 3.93. The molecule has 39 heavy (non-hydrogen) atoms. The number of hydrogen-bond donors (Lipinski definition) is 1. The van der Waals surface area contributed by atoms with Crippen molar-refractivity contribution < 1.29 is 22.7 Å². The van der Waals surface area contributed by atoms with Crippen LogP contribution in [0, 0.1) is 0 Å². The molecule has 1 unspecified atom stereocenters. The lowest BCUT2D eigenvalue weighted by Crippen LogP contribution is -2.51. The Hall–Kier alpha value is -3.56. The maximum absolute atomic E-state index is 13.9. The van der Waals surface area contributed by atoms with Gasteiger partial charge in [-0.3, -0.25) is 13.9 Å². The quantitative estimate of drug-likeness (QED) is 0.295. The van der Waals surface area contributed by atoms with Crippen LogP contribution in [-0.2, 0) is 26.2 Å². The lowest BCUT2D eigenvalue weighted by atomic mass is 10.1. The Labute approximate surface area is 235 Å². The number of para-hydroxylation sites is 1. The van der Waals surface area contributed by atoms with E-state index in [0.29, 0.717) is 28.6 Å². The van der Waals surface area contributed by atoms with Crippen molar-refractivity contribution in [2.75, 3.05) is 24.5 Å². The topological polar surface area (TPSA) is 96.0 Å². The number of sulfonamides is 1. The minimum Gasteiger partial charge on any atom is -0.497 e. The van der Waals surface area contributed by atoms with Gasteiger partial charge in [0, 0.05) is 18.1 Å². The molecule has 0 saturated heterocycles. The maximum Gasteiger partial charge on any atom is 0.264 e. The van der Waals surface area contributed by atoms with Gasteiger partial charge in [-0.05, 0) is 61.4 Å². The van der Waals surface area contributed by atoms with Crippen molar-refractivity contribution in [3.8, 4) is 5.75 Å². The highest BCUT2D eigenvalue weighted by molar-refractivity contribution is 7.92. The molecule has 0 bridgehead atoms. The SMILES string of the molecule is CCCCNC(=O)C(C)N(Cc1ccccc1Cl)C(=O)CN(c1ccccc1)S(=O)(=O)c1ccc(OC)cc1. The maximum atomic E-state index is 13.9. The second-order valence-corrected chi connectivity index (χ2v) is 11.2. The second kappa shape index (κ2) is 14.0. The van der Waals surface area contributed by atoms with Gasteiger partial charge in [-0.15, -0.1) is 0 Å². The average molecular weight is 572 g/mol. The average Bonchev–Trinajstić information content (AvgIpc) is 2.95. The van der Waals surface area contributed by atoms with E-state index in [-0.39, 0.29) is 17.3 Å². The normalized spacial score (nSPS) is 11.9. The molecule has 0 aliphatic heterocycles. The molecule has 0 saturated carbocycles. The van der Waals surface area contributed by atoms with Gasteiger partial charge in [0.2, 0.25) is 11.8 Å². The Balaban J connectivity index is 1.98. The van der Waals surface area contributed by atoms with Gasteiger partial charge >= 0.3 is 0 Å². The molecule has 3 aromatic rings. The van der Waals surface area contributed by atoms with Crippen LogP contribution in [0.4, 0.5) is 5.69 Å². The van der Waals surface area contributed by atoms with Crippen molar-refractivity contribution in [1.29, 1.82) is 0 Å². The van der Waals surface area contributed by atoms with E-state index in [1.165, 1.54) is 24.1 Å². The molecule has 0 spiro atoms. The number of carbonyl (C=O) groups is 2. The summed E-state index contributed by atoms with van der Waals surface area (Å²) < 4.78 is 33.8. The molecule has 0 heterocycles. The van der Waals surface area contributed by atoms with Crippen molar-refractivity contribution >= 4 is 39.1 Å². The molecular weight excluding hydrogens is 538 g/mol. The van der Waals surface area contributed by atoms with Crippen LogP contribution in [0.15, 0.2) is 83.8 Å². The molecule has 0 aliphatic carbocycles. The summed E-state index contributed by atoms with van der Waals surface area (Å²) in [6.45, 7) is 3.64. The molecule has 0 fully saturated rings. The highest BCUT2D eigenvalue weighted by atomic mass is 35.5. The van der Waals surface area contributed by atoms with Crippen LogP contribution >= 0.6 is 11.6 Å². The van der Waals surface area contributed by atoms with Gasteiger partial charge in [0.15, 0.2) is 0 Å². The van der Waals surface area contributed by atoms with Crippen LogP contribution in [0.25, 0.3) is 0 Å². The monoisotopic (exact) mass is 571 g/mol. The number of ether oxygens (including phenoxy) is 1. The first-order valence-electron chi connectivity index (χ1n) is 12.7. The zero-order valence-corrected chi connectivity index (χ0v) is 23.9. The van der Waals surface area contributed by atoms with Crippen LogP contribution < -0.4 is 14.4 Å². The van der Waals surface area contributed by atoms with Gasteiger partial charge in [0.1, 0.15) is 18.3 Å². The van der Waals surface area contributed by atoms with E-state index < -0.39 is 28.5 Å². The summed E-state index contributed by atoms with van der Waals surface area (Å²) in [6, 6.07) is 20.5. The standard InChI is InChI=1S/C29H34ClN3O5S/c1-4-5-19-31-29(35)22(2)32(20-23-11-9-10-14-27(23)30)28(34)21-33(24-12-7-6-8-13-24)39(36,37)26-17-15-25(38-3)16-18-26/h6-18,22H,4-5,19-21H2,1-3H3,(H,31,35). The van der Waals surface area contributed by atoms with E-state index in [9.17, 15) is 18.0 Å². The Morgan fingerprint density at radius 2 is 1.62 bits per heavy atom. The molecule has 1 N–H and O–H groups in total. The summed E-state index contributed by atoms with van der Waals surface area (Å²) in [6.07, 6.45) is 1.71. The number of halogens is 1. The Kier molecular flexibility index (Phi) is 10.8. The zero-order chi connectivity index (χ0) is 28.4. The van der Waals surface area contributed by atoms with E-state index in [4.69, 9.17) is 16.3 Å². The van der Waals surface area contributed by atoms with E-state index in [2.05, 4.69) is 5.32 Å². The molecule has 0 radical (unpaired) electrons. The van der Waals surface area contributed by atoms with Crippen molar-refractivity contribution in [3.05, 3.63) is 89.4 Å². The fraction of sp³-hybridized carbons (Fsp3) is 0.310. The number of rotatable bonds is 13. The van der Waals surface area contributed by atoms with Gasteiger partial charge in [-0.2, -0.15) is 0 Å². The van der Waals surface area contributed by atoms with Gasteiger partial charge in [0.05, 0.1) is 17.7 Å². The summed E-state index contributed by atoms with van der Waals surface area (Å²) in [7, 11) is -2.66. The molecule has 0 aromatic heterocycles.